The van der Waals surface area contributed by atoms with Gasteiger partial charge in [-0.1, -0.05) is 24.1 Å². The van der Waals surface area contributed by atoms with Gasteiger partial charge < -0.3 is 19.4 Å². The van der Waals surface area contributed by atoms with Crippen LogP contribution in [0.1, 0.15) is 83.5 Å². The molecule has 2 atom stereocenters. The van der Waals surface area contributed by atoms with E-state index in [1.807, 2.05) is 9.80 Å². The molecule has 0 aromatic heterocycles. The molecule has 0 N–H and O–H groups in total. The van der Waals surface area contributed by atoms with E-state index in [1.54, 1.807) is 4.90 Å². The number of methoxy groups -OCH3 is 1. The van der Waals surface area contributed by atoms with Crippen molar-refractivity contribution in [1.29, 1.82) is 0 Å². The van der Waals surface area contributed by atoms with Crippen molar-refractivity contribution in [2.24, 2.45) is 17.3 Å². The number of likely N-dealkylation sites (tertiary alicyclic amines) is 1. The predicted molar refractivity (Wildman–Crippen MR) is 142 cm³/mol. The largest absolute Gasteiger partial charge is 0.468 e. The van der Waals surface area contributed by atoms with Crippen LogP contribution < -0.4 is 0 Å². The number of esters is 1. The summed E-state index contributed by atoms with van der Waals surface area (Å²) in [5.74, 6) is -0.532. The van der Waals surface area contributed by atoms with E-state index >= 15 is 0 Å². The van der Waals surface area contributed by atoms with Crippen LogP contribution >= 0.6 is 0 Å². The van der Waals surface area contributed by atoms with Crippen LogP contribution in [-0.2, 0) is 23.9 Å². The van der Waals surface area contributed by atoms with Crippen LogP contribution in [0.25, 0.3) is 0 Å². The molecule has 0 aromatic rings. The van der Waals surface area contributed by atoms with Crippen molar-refractivity contribution in [2.75, 3.05) is 39.8 Å². The van der Waals surface area contributed by atoms with Gasteiger partial charge in [-0.05, 0) is 70.6 Å². The third-order valence-electron chi connectivity index (χ3n) is 9.30. The van der Waals surface area contributed by atoms with Crippen LogP contribution in [0.4, 0.5) is 0 Å². The van der Waals surface area contributed by atoms with Gasteiger partial charge in [0.25, 0.3) is 0 Å². The maximum Gasteiger partial charge on any atom is 0.317 e. The maximum atomic E-state index is 13.9. The molecule has 0 radical (unpaired) electrons. The Morgan fingerprint density at radius 1 is 0.974 bits per heavy atom. The molecule has 38 heavy (non-hydrogen) atoms. The molecule has 2 aliphatic heterocycles. The van der Waals surface area contributed by atoms with Crippen molar-refractivity contribution in [3.63, 3.8) is 0 Å². The van der Waals surface area contributed by atoms with Crippen molar-refractivity contribution in [2.45, 2.75) is 83.5 Å². The number of nitrogens with zero attached hydrogens (tertiary/aromatic N) is 3. The van der Waals surface area contributed by atoms with Gasteiger partial charge in [0.15, 0.2) is 0 Å². The standard InChI is InChI=1S/C30H43N3O5/c1-38-29(37)30-14-7-3-6-10-25(30)33(15-13-22-8-4-2-5-9-22)28(36)24(21-30)20-26(34)31-16-18-32(19-17-31)27(35)23-11-12-23/h8,10,23-24H,2-7,9,11-21H2,1H3/t24-,30+/m1/s1. The Balaban J connectivity index is 1.32. The Labute approximate surface area is 226 Å². The average Bonchev–Trinajstić information content (AvgIpc) is 3.81. The molecule has 0 unspecified atom stereocenters. The molecule has 3 aliphatic carbocycles. The number of fused-ring (bicyclic) bond motifs is 1. The van der Waals surface area contributed by atoms with Crippen LogP contribution in [0.2, 0.25) is 0 Å². The normalized spacial score (nSPS) is 28.2. The fourth-order valence-corrected chi connectivity index (χ4v) is 6.92. The van der Waals surface area contributed by atoms with E-state index in [2.05, 4.69) is 12.2 Å². The summed E-state index contributed by atoms with van der Waals surface area (Å²) in [6.45, 7) is 2.66. The zero-order valence-corrected chi connectivity index (χ0v) is 22.9. The Kier molecular flexibility index (Phi) is 8.24. The van der Waals surface area contributed by atoms with E-state index in [9.17, 15) is 19.2 Å². The number of carbonyl (C=O) groups is 4. The van der Waals surface area contributed by atoms with Gasteiger partial charge in [0, 0.05) is 56.7 Å². The smallest absolute Gasteiger partial charge is 0.317 e. The van der Waals surface area contributed by atoms with Crippen molar-refractivity contribution >= 4 is 23.7 Å². The summed E-state index contributed by atoms with van der Waals surface area (Å²) in [6, 6.07) is 0. The number of hydrogen-bond donors (Lipinski definition) is 0. The van der Waals surface area contributed by atoms with E-state index in [0.717, 1.165) is 57.1 Å². The summed E-state index contributed by atoms with van der Waals surface area (Å²) < 4.78 is 5.35. The number of hydrogen-bond acceptors (Lipinski definition) is 5. The first-order valence-electron chi connectivity index (χ1n) is 14.8. The molecule has 5 rings (SSSR count). The minimum atomic E-state index is -0.875. The van der Waals surface area contributed by atoms with Crippen molar-refractivity contribution in [1.82, 2.24) is 14.7 Å². The summed E-state index contributed by atoms with van der Waals surface area (Å²) in [5.41, 5.74) is 1.32. The molecule has 3 fully saturated rings. The monoisotopic (exact) mass is 525 g/mol. The first-order chi connectivity index (χ1) is 18.4. The second-order valence-electron chi connectivity index (χ2n) is 11.8. The number of ether oxygens (including phenoxy) is 1. The minimum Gasteiger partial charge on any atom is -0.468 e. The minimum absolute atomic E-state index is 0.0371. The summed E-state index contributed by atoms with van der Waals surface area (Å²) >= 11 is 0. The highest BCUT2D eigenvalue weighted by Crippen LogP contribution is 2.49. The van der Waals surface area contributed by atoms with Crippen LogP contribution in [0.5, 0.6) is 0 Å². The second-order valence-corrected chi connectivity index (χ2v) is 11.8. The van der Waals surface area contributed by atoms with Crippen LogP contribution in [0, 0.1) is 17.3 Å². The molecule has 0 bridgehead atoms. The quantitative estimate of drug-likeness (QED) is 0.373. The molecule has 208 valence electrons. The molecule has 5 aliphatic rings. The van der Waals surface area contributed by atoms with E-state index < -0.39 is 11.3 Å². The van der Waals surface area contributed by atoms with Gasteiger partial charge in [0.2, 0.25) is 17.7 Å². The van der Waals surface area contributed by atoms with Crippen LogP contribution in [-0.4, -0.2) is 78.2 Å². The van der Waals surface area contributed by atoms with Gasteiger partial charge in [0.05, 0.1) is 7.11 Å². The molecule has 0 aromatic carbocycles. The molecule has 2 heterocycles. The third-order valence-corrected chi connectivity index (χ3v) is 9.30. The first-order valence-corrected chi connectivity index (χ1v) is 14.8. The number of rotatable bonds is 7. The Morgan fingerprint density at radius 2 is 1.68 bits per heavy atom. The lowest BCUT2D eigenvalue weighted by Crippen LogP contribution is -2.55. The Hall–Kier alpha value is -2.64. The lowest BCUT2D eigenvalue weighted by molar-refractivity contribution is -0.160. The van der Waals surface area contributed by atoms with E-state index in [0.29, 0.717) is 45.6 Å². The fraction of sp³-hybridized carbons (Fsp3) is 0.733. The number of allylic oxidation sites excluding steroid dienone is 2. The SMILES string of the molecule is COC(=O)[C@]12CCCCC=C1N(CCC1=CCCCC1)C(=O)[C@H](CC(=O)N1CCN(C(=O)C3CC3)CC1)C2. The first kappa shape index (κ1) is 26.9. The van der Waals surface area contributed by atoms with Crippen LogP contribution in [0.15, 0.2) is 23.4 Å². The van der Waals surface area contributed by atoms with Gasteiger partial charge in [-0.15, -0.1) is 0 Å². The highest BCUT2D eigenvalue weighted by atomic mass is 16.5. The number of piperazine rings is 1. The van der Waals surface area contributed by atoms with E-state index in [4.69, 9.17) is 4.74 Å². The summed E-state index contributed by atoms with van der Waals surface area (Å²) in [6.07, 6.45) is 15.5. The van der Waals surface area contributed by atoms with Gasteiger partial charge >= 0.3 is 5.97 Å². The van der Waals surface area contributed by atoms with Crippen molar-refractivity contribution in [3.8, 4) is 0 Å². The van der Waals surface area contributed by atoms with Gasteiger partial charge in [-0.3, -0.25) is 19.2 Å². The van der Waals surface area contributed by atoms with Crippen molar-refractivity contribution in [3.05, 3.63) is 23.4 Å². The van der Waals surface area contributed by atoms with Crippen molar-refractivity contribution < 1.29 is 23.9 Å². The Morgan fingerprint density at radius 3 is 2.37 bits per heavy atom. The third kappa shape index (κ3) is 5.55. The Bertz CT molecular complexity index is 1010. The molecule has 0 spiro atoms. The average molecular weight is 526 g/mol. The predicted octanol–water partition coefficient (Wildman–Crippen LogP) is 3.81. The molecule has 8 heteroatoms. The van der Waals surface area contributed by atoms with Gasteiger partial charge in [-0.25, -0.2) is 0 Å². The van der Waals surface area contributed by atoms with Gasteiger partial charge in [0.1, 0.15) is 5.41 Å². The van der Waals surface area contributed by atoms with E-state index in [-0.39, 0.29) is 36.0 Å². The summed E-state index contributed by atoms with van der Waals surface area (Å²) in [5, 5.41) is 0. The van der Waals surface area contributed by atoms with Gasteiger partial charge in [-0.2, -0.15) is 0 Å². The lowest BCUT2D eigenvalue weighted by atomic mass is 9.69. The highest BCUT2D eigenvalue weighted by molar-refractivity contribution is 5.92. The lowest BCUT2D eigenvalue weighted by Gasteiger charge is -2.46. The summed E-state index contributed by atoms with van der Waals surface area (Å²) in [4.78, 5) is 58.7. The molecule has 3 amide bonds. The second kappa shape index (κ2) is 11.6. The molecule has 8 nitrogen and oxygen atoms in total. The molecular weight excluding hydrogens is 482 g/mol. The molecular formula is C30H43N3O5. The maximum absolute atomic E-state index is 13.9. The zero-order chi connectivity index (χ0) is 26.7. The van der Waals surface area contributed by atoms with Crippen LogP contribution in [0.3, 0.4) is 0 Å². The number of carbonyl (C=O) groups excluding carboxylic acids is 4. The van der Waals surface area contributed by atoms with E-state index in [1.165, 1.54) is 25.5 Å². The number of amides is 3. The highest BCUT2D eigenvalue weighted by Gasteiger charge is 2.54. The fourth-order valence-electron chi connectivity index (χ4n) is 6.92. The molecule has 2 saturated heterocycles. The zero-order valence-electron chi connectivity index (χ0n) is 22.9. The topological polar surface area (TPSA) is 87.2 Å². The molecule has 1 saturated carbocycles. The number of piperidine rings is 1. The summed E-state index contributed by atoms with van der Waals surface area (Å²) in [7, 11) is 1.43.